The van der Waals surface area contributed by atoms with E-state index in [4.69, 9.17) is 5.11 Å². The van der Waals surface area contributed by atoms with Crippen LogP contribution in [0.2, 0.25) is 0 Å². The average Bonchev–Trinajstić information content (AvgIpc) is 2.86. The minimum atomic E-state index is -4.37. The molecule has 0 saturated carbocycles. The van der Waals surface area contributed by atoms with Crippen LogP contribution in [-0.2, 0) is 0 Å². The summed E-state index contributed by atoms with van der Waals surface area (Å²) in [5, 5.41) is 20.7. The summed E-state index contributed by atoms with van der Waals surface area (Å²) in [6.07, 6.45) is -1.18. The van der Waals surface area contributed by atoms with Gasteiger partial charge in [0.1, 0.15) is 6.10 Å². The van der Waals surface area contributed by atoms with Gasteiger partial charge in [-0.15, -0.1) is 11.3 Å². The van der Waals surface area contributed by atoms with Gasteiger partial charge in [-0.1, -0.05) is 12.1 Å². The molecule has 1 heterocycles. The second-order valence-corrected chi connectivity index (χ2v) is 6.11. The number of hydrogen-bond donors (Lipinski definition) is 2. The lowest BCUT2D eigenvalue weighted by atomic mass is 10.1. The van der Waals surface area contributed by atoms with Gasteiger partial charge in [-0.25, -0.2) is 4.79 Å². The van der Waals surface area contributed by atoms with Crippen LogP contribution in [0.3, 0.4) is 0 Å². The Labute approximate surface area is 126 Å². The molecule has 2 rings (SSSR count). The van der Waals surface area contributed by atoms with E-state index in [1.807, 2.05) is 0 Å². The van der Waals surface area contributed by atoms with E-state index in [2.05, 4.69) is 0 Å². The fourth-order valence-corrected chi connectivity index (χ4v) is 3.15. The van der Waals surface area contributed by atoms with Gasteiger partial charge in [0.2, 0.25) is 0 Å². The number of benzene rings is 1. The first-order chi connectivity index (χ1) is 9.78. The zero-order valence-electron chi connectivity index (χ0n) is 10.3. The molecular weight excluding hydrogens is 325 g/mol. The number of thioether (sulfide) groups is 1. The smallest absolute Gasteiger partial charge is 0.446 e. The number of aliphatic hydroxyl groups excluding tert-OH is 1. The lowest BCUT2D eigenvalue weighted by Gasteiger charge is -2.12. The van der Waals surface area contributed by atoms with Gasteiger partial charge in [-0.05, 0) is 40.9 Å². The molecule has 0 saturated heterocycles. The van der Waals surface area contributed by atoms with Gasteiger partial charge in [0, 0.05) is 4.90 Å². The van der Waals surface area contributed by atoms with Crippen molar-refractivity contribution in [3.63, 3.8) is 0 Å². The summed E-state index contributed by atoms with van der Waals surface area (Å²) in [6.45, 7) is 0. The Morgan fingerprint density at radius 1 is 1.19 bits per heavy atom. The van der Waals surface area contributed by atoms with Crippen molar-refractivity contribution in [2.75, 3.05) is 0 Å². The van der Waals surface area contributed by atoms with Crippen LogP contribution < -0.4 is 0 Å². The number of rotatable bonds is 4. The summed E-state index contributed by atoms with van der Waals surface area (Å²) < 4.78 is 36.6. The summed E-state index contributed by atoms with van der Waals surface area (Å²) in [5.74, 6) is -1.16. The largest absolute Gasteiger partial charge is 0.478 e. The lowest BCUT2D eigenvalue weighted by Crippen LogP contribution is -2.05. The first kappa shape index (κ1) is 15.9. The first-order valence-corrected chi connectivity index (χ1v) is 7.32. The number of aromatic carboxylic acids is 1. The number of carbonyl (C=O) groups is 1. The third-order valence-corrected chi connectivity index (χ3v) is 4.31. The standard InChI is InChI=1S/C13H9F3O3S2/c14-13(15,16)21-8-3-1-7(2-4-8)10(17)11-9(12(18)19)5-6-20-11/h1-6,10,17H,(H,18,19). The molecule has 8 heteroatoms. The number of halogens is 3. The minimum absolute atomic E-state index is 0.00286. The molecule has 0 radical (unpaired) electrons. The molecule has 1 aromatic heterocycles. The molecule has 0 spiro atoms. The van der Waals surface area contributed by atoms with Gasteiger partial charge in [-0.3, -0.25) is 0 Å². The minimum Gasteiger partial charge on any atom is -0.478 e. The third kappa shape index (κ3) is 3.99. The highest BCUT2D eigenvalue weighted by Gasteiger charge is 2.29. The Morgan fingerprint density at radius 3 is 2.33 bits per heavy atom. The first-order valence-electron chi connectivity index (χ1n) is 5.62. The second kappa shape index (κ2) is 6.08. The molecule has 0 fully saturated rings. The highest BCUT2D eigenvalue weighted by Crippen LogP contribution is 2.37. The normalized spacial score (nSPS) is 13.1. The topological polar surface area (TPSA) is 57.5 Å². The van der Waals surface area contributed by atoms with E-state index in [1.54, 1.807) is 0 Å². The van der Waals surface area contributed by atoms with Crippen molar-refractivity contribution in [1.82, 2.24) is 0 Å². The van der Waals surface area contributed by atoms with Crippen LogP contribution in [0.15, 0.2) is 40.6 Å². The molecular formula is C13H9F3O3S2. The van der Waals surface area contributed by atoms with E-state index in [-0.39, 0.29) is 27.1 Å². The van der Waals surface area contributed by atoms with Gasteiger partial charge < -0.3 is 10.2 Å². The predicted octanol–water partition coefficient (Wildman–Crippen LogP) is 4.14. The Kier molecular flexibility index (Phi) is 4.60. The third-order valence-electron chi connectivity index (χ3n) is 2.60. The molecule has 0 aliphatic rings. The zero-order chi connectivity index (χ0) is 15.6. The summed E-state index contributed by atoms with van der Waals surface area (Å²) in [4.78, 5) is 11.2. The fraction of sp³-hybridized carbons (Fsp3) is 0.154. The summed E-state index contributed by atoms with van der Waals surface area (Å²) >= 11 is 0.833. The van der Waals surface area contributed by atoms with Crippen molar-refractivity contribution in [2.45, 2.75) is 16.5 Å². The van der Waals surface area contributed by atoms with Crippen molar-refractivity contribution in [3.8, 4) is 0 Å². The molecule has 1 aromatic carbocycles. The second-order valence-electron chi connectivity index (χ2n) is 4.02. The molecule has 0 aliphatic heterocycles. The van der Waals surface area contributed by atoms with Crippen molar-refractivity contribution < 1.29 is 28.2 Å². The van der Waals surface area contributed by atoms with Crippen LogP contribution in [0.4, 0.5) is 13.2 Å². The monoisotopic (exact) mass is 334 g/mol. The van der Waals surface area contributed by atoms with E-state index in [0.29, 0.717) is 5.56 Å². The van der Waals surface area contributed by atoms with Crippen LogP contribution in [0.25, 0.3) is 0 Å². The van der Waals surface area contributed by atoms with Crippen molar-refractivity contribution in [2.24, 2.45) is 0 Å². The van der Waals surface area contributed by atoms with E-state index in [1.165, 1.54) is 35.7 Å². The van der Waals surface area contributed by atoms with Gasteiger partial charge >= 0.3 is 11.5 Å². The number of carboxylic acid groups (broad SMARTS) is 1. The molecule has 0 bridgehead atoms. The summed E-state index contributed by atoms with van der Waals surface area (Å²) in [7, 11) is 0. The van der Waals surface area contributed by atoms with Crippen LogP contribution in [0.1, 0.15) is 26.9 Å². The molecule has 112 valence electrons. The summed E-state index contributed by atoms with van der Waals surface area (Å²) in [5.41, 5.74) is -4.04. The van der Waals surface area contributed by atoms with Crippen molar-refractivity contribution >= 4 is 29.1 Å². The molecule has 1 unspecified atom stereocenters. The van der Waals surface area contributed by atoms with Crippen LogP contribution >= 0.6 is 23.1 Å². The van der Waals surface area contributed by atoms with Crippen LogP contribution in [-0.4, -0.2) is 21.7 Å². The maximum atomic E-state index is 12.2. The fourth-order valence-electron chi connectivity index (χ4n) is 1.71. The highest BCUT2D eigenvalue weighted by molar-refractivity contribution is 8.00. The predicted molar refractivity (Wildman–Crippen MR) is 73.7 cm³/mol. The SMILES string of the molecule is O=C(O)c1ccsc1C(O)c1ccc(SC(F)(F)F)cc1. The highest BCUT2D eigenvalue weighted by atomic mass is 32.2. The molecule has 2 aromatic rings. The quantitative estimate of drug-likeness (QED) is 0.825. The number of alkyl halides is 3. The van der Waals surface area contributed by atoms with Crippen LogP contribution in [0, 0.1) is 0 Å². The van der Waals surface area contributed by atoms with Crippen LogP contribution in [0.5, 0.6) is 0 Å². The van der Waals surface area contributed by atoms with E-state index in [9.17, 15) is 23.1 Å². The average molecular weight is 334 g/mol. The number of carboxylic acids is 1. The molecule has 1 atom stereocenters. The molecule has 2 N–H and O–H groups in total. The van der Waals surface area contributed by atoms with Crippen molar-refractivity contribution in [3.05, 3.63) is 51.7 Å². The van der Waals surface area contributed by atoms with Gasteiger partial charge in [0.05, 0.1) is 10.4 Å². The number of thiophene rings is 1. The van der Waals surface area contributed by atoms with E-state index in [0.717, 1.165) is 11.3 Å². The Morgan fingerprint density at radius 2 is 1.81 bits per heavy atom. The van der Waals surface area contributed by atoms with E-state index >= 15 is 0 Å². The van der Waals surface area contributed by atoms with Gasteiger partial charge in [0.15, 0.2) is 0 Å². The van der Waals surface area contributed by atoms with Gasteiger partial charge in [0.25, 0.3) is 0 Å². The Bertz CT molecular complexity index is 635. The van der Waals surface area contributed by atoms with Gasteiger partial charge in [-0.2, -0.15) is 13.2 Å². The maximum absolute atomic E-state index is 12.2. The Hall–Kier alpha value is -1.51. The lowest BCUT2D eigenvalue weighted by molar-refractivity contribution is -0.0328. The number of hydrogen-bond acceptors (Lipinski definition) is 4. The Balaban J connectivity index is 2.22. The number of aliphatic hydroxyl groups is 1. The van der Waals surface area contributed by atoms with E-state index < -0.39 is 17.6 Å². The zero-order valence-corrected chi connectivity index (χ0v) is 11.9. The molecule has 3 nitrogen and oxygen atoms in total. The molecule has 0 amide bonds. The molecule has 0 aliphatic carbocycles. The van der Waals surface area contributed by atoms with Crippen molar-refractivity contribution in [1.29, 1.82) is 0 Å². The maximum Gasteiger partial charge on any atom is 0.446 e. The molecule has 21 heavy (non-hydrogen) atoms. The summed E-state index contributed by atoms with van der Waals surface area (Å²) in [6, 6.07) is 6.56.